The molecule has 0 aromatic carbocycles. The van der Waals surface area contributed by atoms with Gasteiger partial charge in [-0.3, -0.25) is 18.6 Å². The van der Waals surface area contributed by atoms with Crippen LogP contribution in [-0.4, -0.2) is 57.7 Å². The van der Waals surface area contributed by atoms with E-state index in [-0.39, 0.29) is 19.8 Å². The highest BCUT2D eigenvalue weighted by molar-refractivity contribution is 7.48. The maximum Gasteiger partial charge on any atom is 0.508 e. The number of fused-ring (bicyclic) bond motifs is 1. The first kappa shape index (κ1) is 23.6. The van der Waals surface area contributed by atoms with E-state index < -0.39 is 38.5 Å². The molecule has 35 heavy (non-hydrogen) atoms. The normalized spacial score (nSPS) is 26.3. The van der Waals surface area contributed by atoms with Crippen molar-refractivity contribution in [2.75, 3.05) is 25.6 Å². The van der Waals surface area contributed by atoms with Crippen molar-refractivity contribution in [2.45, 2.75) is 37.9 Å². The highest BCUT2D eigenvalue weighted by Crippen LogP contribution is 2.57. The van der Waals surface area contributed by atoms with Crippen LogP contribution in [0.3, 0.4) is 0 Å². The number of rotatable bonds is 8. The summed E-state index contributed by atoms with van der Waals surface area (Å²) in [6, 6.07) is 5.33. The third-order valence-electron chi connectivity index (χ3n) is 5.69. The van der Waals surface area contributed by atoms with Crippen molar-refractivity contribution in [3.8, 4) is 0 Å². The topological polar surface area (TPSA) is 159 Å². The second kappa shape index (κ2) is 9.88. The van der Waals surface area contributed by atoms with E-state index in [9.17, 15) is 9.36 Å². The van der Waals surface area contributed by atoms with Crippen LogP contribution in [0, 0.1) is 0 Å². The number of aromatic nitrogens is 4. The van der Waals surface area contributed by atoms with Crippen LogP contribution in [0.2, 0.25) is 0 Å². The average Bonchev–Trinajstić information content (AvgIpc) is 3.49. The molecule has 2 aliphatic heterocycles. The maximum atomic E-state index is 13.2. The molecule has 2 N–H and O–H groups in total. The highest BCUT2D eigenvalue weighted by atomic mass is 31.2. The Morgan fingerprint density at radius 3 is 2.89 bits per heavy atom. The molecule has 0 saturated carbocycles. The standard InChI is InChI=1S/C21H24N5O8P/c1-13(26-8-4-15-19(22)24-12-25-20(15)26)32-18(17-10-29-21(27)33-17)11-31-35(28)30-9-5-16(34-35)14-2-6-23-7-3-14/h2-4,6-8,12-13,16-18H,5,9-11H2,1H3,(H2,22,24,25)/t13-,16-,17+,18-,35?/m1/s1. The third-order valence-corrected chi connectivity index (χ3v) is 7.17. The van der Waals surface area contributed by atoms with Gasteiger partial charge in [0.15, 0.2) is 6.10 Å². The predicted octanol–water partition coefficient (Wildman–Crippen LogP) is 3.15. The van der Waals surface area contributed by atoms with Crippen LogP contribution in [0.4, 0.5) is 10.6 Å². The summed E-state index contributed by atoms with van der Waals surface area (Å²) in [6.07, 6.45) is 3.35. The Morgan fingerprint density at radius 1 is 1.29 bits per heavy atom. The van der Waals surface area contributed by atoms with E-state index in [1.54, 1.807) is 48.3 Å². The van der Waals surface area contributed by atoms with Crippen LogP contribution in [-0.2, 0) is 32.3 Å². The number of phosphoric ester groups is 1. The zero-order valence-electron chi connectivity index (χ0n) is 18.8. The van der Waals surface area contributed by atoms with Crippen LogP contribution in [0.25, 0.3) is 11.0 Å². The molecule has 13 nitrogen and oxygen atoms in total. The molecule has 1 unspecified atom stereocenters. The smallest absolute Gasteiger partial charge is 0.430 e. The van der Waals surface area contributed by atoms with Gasteiger partial charge in [-0.15, -0.1) is 0 Å². The van der Waals surface area contributed by atoms with Gasteiger partial charge in [-0.2, -0.15) is 0 Å². The van der Waals surface area contributed by atoms with Gasteiger partial charge in [0.2, 0.25) is 0 Å². The molecule has 2 saturated heterocycles. The molecule has 3 aromatic rings. The zero-order chi connectivity index (χ0) is 24.4. The Labute approximate surface area is 200 Å². The monoisotopic (exact) mass is 505 g/mol. The fraction of sp³-hybridized carbons (Fsp3) is 0.429. The quantitative estimate of drug-likeness (QED) is 0.352. The van der Waals surface area contributed by atoms with Gasteiger partial charge < -0.3 is 24.5 Å². The number of nitrogens with two attached hydrogens (primary N) is 1. The van der Waals surface area contributed by atoms with Crippen LogP contribution < -0.4 is 5.73 Å². The first-order chi connectivity index (χ1) is 16.9. The minimum Gasteiger partial charge on any atom is -0.430 e. The number of carbonyl (C=O) groups excluding carboxylic acids is 1. The molecular formula is C21H24N5O8P. The van der Waals surface area contributed by atoms with Gasteiger partial charge in [-0.05, 0) is 30.7 Å². The Morgan fingerprint density at radius 2 is 2.11 bits per heavy atom. The Bertz CT molecular complexity index is 1240. The van der Waals surface area contributed by atoms with Crippen LogP contribution >= 0.6 is 7.82 Å². The van der Waals surface area contributed by atoms with E-state index in [0.717, 1.165) is 5.56 Å². The first-order valence-electron chi connectivity index (χ1n) is 11.0. The summed E-state index contributed by atoms with van der Waals surface area (Å²) >= 11 is 0. The summed E-state index contributed by atoms with van der Waals surface area (Å²) < 4.78 is 47.9. The number of nitrogen functional groups attached to an aromatic ring is 1. The second-order valence-electron chi connectivity index (χ2n) is 7.95. The molecule has 2 fully saturated rings. The Balaban J connectivity index is 1.30. The molecule has 0 amide bonds. The van der Waals surface area contributed by atoms with Crippen molar-refractivity contribution >= 4 is 30.8 Å². The number of cyclic esters (lactones) is 2. The van der Waals surface area contributed by atoms with E-state index in [2.05, 4.69) is 15.0 Å². The summed E-state index contributed by atoms with van der Waals surface area (Å²) in [5, 5.41) is 0.668. The van der Waals surface area contributed by atoms with Gasteiger partial charge in [0.1, 0.15) is 36.7 Å². The lowest BCUT2D eigenvalue weighted by Crippen LogP contribution is -2.37. The number of nitrogens with zero attached hydrogens (tertiary/aromatic N) is 4. The molecule has 2 aliphatic rings. The van der Waals surface area contributed by atoms with E-state index in [1.807, 2.05) is 0 Å². The van der Waals surface area contributed by atoms with Crippen molar-refractivity contribution in [1.29, 1.82) is 0 Å². The summed E-state index contributed by atoms with van der Waals surface area (Å²) in [5.41, 5.74) is 7.30. The average molecular weight is 505 g/mol. The molecule has 5 heterocycles. The van der Waals surface area contributed by atoms with Crippen molar-refractivity contribution in [3.63, 3.8) is 0 Å². The van der Waals surface area contributed by atoms with Crippen molar-refractivity contribution < 1.29 is 37.1 Å². The van der Waals surface area contributed by atoms with Crippen LogP contribution in [0.5, 0.6) is 0 Å². The van der Waals surface area contributed by atoms with Gasteiger partial charge in [0.25, 0.3) is 0 Å². The fourth-order valence-electron chi connectivity index (χ4n) is 3.91. The van der Waals surface area contributed by atoms with Crippen molar-refractivity contribution in [2.24, 2.45) is 0 Å². The lowest BCUT2D eigenvalue weighted by molar-refractivity contribution is -0.109. The fourth-order valence-corrected chi connectivity index (χ4v) is 5.30. The number of ether oxygens (including phenoxy) is 3. The Hall–Kier alpha value is -3.09. The van der Waals surface area contributed by atoms with Gasteiger partial charge in [-0.1, -0.05) is 0 Å². The number of hydrogen-bond donors (Lipinski definition) is 1. The molecule has 5 atom stereocenters. The minimum absolute atomic E-state index is 0.0488. The first-order valence-corrected chi connectivity index (χ1v) is 12.4. The van der Waals surface area contributed by atoms with Crippen molar-refractivity contribution in [1.82, 2.24) is 19.5 Å². The molecular weight excluding hydrogens is 481 g/mol. The molecule has 3 aromatic heterocycles. The summed E-state index contributed by atoms with van der Waals surface area (Å²) in [7, 11) is -3.92. The van der Waals surface area contributed by atoms with Gasteiger partial charge in [0, 0.05) is 25.0 Å². The summed E-state index contributed by atoms with van der Waals surface area (Å²) in [6.45, 7) is 1.66. The second-order valence-corrected chi connectivity index (χ2v) is 9.57. The SMILES string of the molecule is C[C@@H](O[C@H](COP1(=O)OCC[C@H](c2ccncc2)O1)[C@@H]1COC(=O)O1)n1ccc2c(N)ncnc21. The van der Waals surface area contributed by atoms with E-state index in [0.29, 0.717) is 23.3 Å². The Kier molecular flexibility index (Phi) is 6.67. The molecule has 0 bridgehead atoms. The number of anilines is 1. The number of phosphoric acid groups is 1. The van der Waals surface area contributed by atoms with Crippen LogP contribution in [0.1, 0.15) is 31.2 Å². The molecule has 0 spiro atoms. The van der Waals surface area contributed by atoms with Crippen molar-refractivity contribution in [3.05, 3.63) is 48.7 Å². The van der Waals surface area contributed by atoms with E-state index >= 15 is 0 Å². The predicted molar refractivity (Wildman–Crippen MR) is 120 cm³/mol. The lowest BCUT2D eigenvalue weighted by atomic mass is 10.1. The molecule has 0 radical (unpaired) electrons. The molecule has 5 rings (SSSR count). The number of hydrogen-bond acceptors (Lipinski definition) is 12. The minimum atomic E-state index is -3.92. The number of pyridine rings is 1. The molecule has 186 valence electrons. The van der Waals surface area contributed by atoms with Gasteiger partial charge in [-0.25, -0.2) is 19.3 Å². The lowest BCUT2D eigenvalue weighted by Gasteiger charge is -2.31. The van der Waals surface area contributed by atoms with Crippen LogP contribution in [0.15, 0.2) is 43.1 Å². The van der Waals surface area contributed by atoms with Gasteiger partial charge in [0.05, 0.1) is 24.7 Å². The van der Waals surface area contributed by atoms with E-state index in [4.69, 9.17) is 33.5 Å². The third kappa shape index (κ3) is 5.14. The summed E-state index contributed by atoms with van der Waals surface area (Å²) in [5.74, 6) is 0.340. The van der Waals surface area contributed by atoms with Gasteiger partial charge >= 0.3 is 14.0 Å². The molecule has 14 heteroatoms. The summed E-state index contributed by atoms with van der Waals surface area (Å²) in [4.78, 5) is 23.8. The molecule has 0 aliphatic carbocycles. The largest absolute Gasteiger partial charge is 0.508 e. The highest BCUT2D eigenvalue weighted by Gasteiger charge is 2.40. The van der Waals surface area contributed by atoms with E-state index in [1.165, 1.54) is 6.33 Å². The maximum absolute atomic E-state index is 13.2. The zero-order valence-corrected chi connectivity index (χ0v) is 19.7. The number of carbonyl (C=O) groups is 1.